The highest BCUT2D eigenvalue weighted by atomic mass is 16.4. The maximum atomic E-state index is 12.8. The predicted octanol–water partition coefficient (Wildman–Crippen LogP) is -1.38. The lowest BCUT2D eigenvalue weighted by molar-refractivity contribution is -0.138. The molecule has 0 saturated carbocycles. The lowest BCUT2D eigenvalue weighted by Crippen LogP contribution is -2.56. The number of aliphatic carboxylic acids is 1. The van der Waals surface area contributed by atoms with Crippen LogP contribution in [0.3, 0.4) is 0 Å². The number of amides is 5. The monoisotopic (exact) mass is 526 g/mol. The fourth-order valence-corrected chi connectivity index (χ4v) is 3.82. The molecule has 0 aliphatic carbocycles. The van der Waals surface area contributed by atoms with Gasteiger partial charge in [-0.1, -0.05) is 27.7 Å². The van der Waals surface area contributed by atoms with E-state index in [1.54, 1.807) is 0 Å². The van der Waals surface area contributed by atoms with Crippen molar-refractivity contribution in [3.8, 4) is 0 Å². The Morgan fingerprint density at radius 3 is 1.86 bits per heavy atom. The molecule has 13 heteroatoms. The van der Waals surface area contributed by atoms with E-state index in [0.29, 0.717) is 12.8 Å². The maximum Gasteiger partial charge on any atom is 0.322 e. The molecule has 4 atom stereocenters. The van der Waals surface area contributed by atoms with Gasteiger partial charge in [0.2, 0.25) is 29.5 Å². The Labute approximate surface area is 217 Å². The van der Waals surface area contributed by atoms with Crippen molar-refractivity contribution in [3.63, 3.8) is 0 Å². The van der Waals surface area contributed by atoms with Gasteiger partial charge in [0.15, 0.2) is 0 Å². The summed E-state index contributed by atoms with van der Waals surface area (Å²) < 4.78 is 0. The topological polar surface area (TPSA) is 195 Å². The van der Waals surface area contributed by atoms with E-state index >= 15 is 0 Å². The molecule has 13 nitrogen and oxygen atoms in total. The first-order chi connectivity index (χ1) is 17.3. The van der Waals surface area contributed by atoms with E-state index in [0.717, 1.165) is 13.0 Å². The lowest BCUT2D eigenvalue weighted by atomic mass is 10.0. The highest BCUT2D eigenvalue weighted by Gasteiger charge is 2.29. The van der Waals surface area contributed by atoms with Gasteiger partial charge in [0.05, 0.1) is 12.6 Å². The summed E-state index contributed by atoms with van der Waals surface area (Å²) in [5.41, 5.74) is 0. The molecule has 7 N–H and O–H groups in total. The summed E-state index contributed by atoms with van der Waals surface area (Å²) in [5.74, 6) is -3.72. The Morgan fingerprint density at radius 2 is 1.35 bits per heavy atom. The van der Waals surface area contributed by atoms with E-state index < -0.39 is 60.8 Å². The van der Waals surface area contributed by atoms with Crippen LogP contribution in [-0.4, -0.2) is 84.4 Å². The van der Waals surface area contributed by atoms with Crippen LogP contribution in [0.1, 0.15) is 60.3 Å². The van der Waals surface area contributed by atoms with Gasteiger partial charge in [-0.05, 0) is 51.0 Å². The minimum absolute atomic E-state index is 0.0246. The highest BCUT2D eigenvalue weighted by molar-refractivity contribution is 5.94. The normalized spacial score (nSPS) is 17.4. The van der Waals surface area contributed by atoms with Crippen molar-refractivity contribution in [2.45, 2.75) is 84.5 Å². The fraction of sp³-hybridized carbons (Fsp3) is 0.750. The summed E-state index contributed by atoms with van der Waals surface area (Å²) in [6, 6.07) is -3.14. The van der Waals surface area contributed by atoms with E-state index in [4.69, 9.17) is 5.11 Å². The van der Waals surface area contributed by atoms with Gasteiger partial charge in [-0.3, -0.25) is 28.8 Å². The molecule has 0 bridgehead atoms. The van der Waals surface area contributed by atoms with Gasteiger partial charge in [-0.15, -0.1) is 0 Å². The first-order valence-corrected chi connectivity index (χ1v) is 12.7. The molecule has 4 unspecified atom stereocenters. The Hall–Kier alpha value is -3.22. The molecule has 0 aromatic heterocycles. The SMILES string of the molecule is CC(C)CC(NC(=O)CNC(=O)C(CC(C)C)NC(=O)C1CCCN1)C(=O)NC(C)C(=O)NCC(=O)O. The molecule has 0 spiro atoms. The van der Waals surface area contributed by atoms with Crippen LogP contribution >= 0.6 is 0 Å². The van der Waals surface area contributed by atoms with Crippen LogP contribution in [0.25, 0.3) is 0 Å². The molecule has 0 aromatic rings. The Bertz CT molecular complexity index is 826. The molecule has 1 heterocycles. The summed E-state index contributed by atoms with van der Waals surface area (Å²) in [6.45, 7) is 8.72. The molecule has 210 valence electrons. The second kappa shape index (κ2) is 15.8. The van der Waals surface area contributed by atoms with Crippen LogP contribution in [0.2, 0.25) is 0 Å². The van der Waals surface area contributed by atoms with Crippen LogP contribution in [0, 0.1) is 11.8 Å². The van der Waals surface area contributed by atoms with Crippen molar-refractivity contribution < 1.29 is 33.9 Å². The molecule has 5 amide bonds. The molecule has 1 fully saturated rings. The molecule has 0 radical (unpaired) electrons. The quantitative estimate of drug-likeness (QED) is 0.136. The van der Waals surface area contributed by atoms with Crippen molar-refractivity contribution >= 4 is 35.5 Å². The molecule has 1 aliphatic heterocycles. The van der Waals surface area contributed by atoms with Gasteiger partial charge in [0.25, 0.3) is 0 Å². The van der Waals surface area contributed by atoms with Crippen LogP contribution in [0.5, 0.6) is 0 Å². The summed E-state index contributed by atoms with van der Waals surface area (Å²) in [4.78, 5) is 73.1. The molecular formula is C24H42N6O7. The number of rotatable bonds is 15. The van der Waals surface area contributed by atoms with Crippen molar-refractivity contribution in [3.05, 3.63) is 0 Å². The zero-order valence-corrected chi connectivity index (χ0v) is 22.3. The van der Waals surface area contributed by atoms with E-state index in [9.17, 15) is 28.8 Å². The predicted molar refractivity (Wildman–Crippen MR) is 135 cm³/mol. The largest absolute Gasteiger partial charge is 0.480 e. The van der Waals surface area contributed by atoms with Crippen molar-refractivity contribution in [1.82, 2.24) is 31.9 Å². The van der Waals surface area contributed by atoms with Crippen LogP contribution in [-0.2, 0) is 28.8 Å². The number of carboxylic acids is 1. The van der Waals surface area contributed by atoms with Crippen LogP contribution < -0.4 is 31.9 Å². The van der Waals surface area contributed by atoms with E-state index in [-0.39, 0.29) is 30.2 Å². The third kappa shape index (κ3) is 12.5. The molecule has 1 saturated heterocycles. The third-order valence-electron chi connectivity index (χ3n) is 5.66. The molecule has 1 aliphatic rings. The number of nitrogens with one attached hydrogen (secondary N) is 6. The van der Waals surface area contributed by atoms with Gasteiger partial charge in [-0.2, -0.15) is 0 Å². The standard InChI is InChI=1S/C24H42N6O7/c1-13(2)9-17(30-23(36)16-7-6-8-25-16)22(35)26-11-19(31)29-18(10-14(3)4)24(37)28-15(5)21(34)27-12-20(32)33/h13-18,25H,6-12H2,1-5H3,(H,26,35)(H,27,34)(H,28,37)(H,29,31)(H,30,36)(H,32,33). The summed E-state index contributed by atoms with van der Waals surface area (Å²) in [5, 5.41) is 24.3. The average Bonchev–Trinajstić information content (AvgIpc) is 3.34. The molecular weight excluding hydrogens is 484 g/mol. The molecule has 1 rings (SSSR count). The van der Waals surface area contributed by atoms with Gasteiger partial charge < -0.3 is 37.0 Å². The summed E-state index contributed by atoms with van der Waals surface area (Å²) in [6.07, 6.45) is 2.25. The Balaban J connectivity index is 2.68. The van der Waals surface area contributed by atoms with Crippen LogP contribution in [0.15, 0.2) is 0 Å². The van der Waals surface area contributed by atoms with E-state index in [1.165, 1.54) is 6.92 Å². The first-order valence-electron chi connectivity index (χ1n) is 12.7. The van der Waals surface area contributed by atoms with Crippen molar-refractivity contribution in [1.29, 1.82) is 0 Å². The zero-order valence-electron chi connectivity index (χ0n) is 22.3. The second-order valence-electron chi connectivity index (χ2n) is 10.1. The van der Waals surface area contributed by atoms with E-state index in [1.807, 2.05) is 27.7 Å². The van der Waals surface area contributed by atoms with Gasteiger partial charge in [-0.25, -0.2) is 0 Å². The summed E-state index contributed by atoms with van der Waals surface area (Å²) in [7, 11) is 0. The maximum absolute atomic E-state index is 12.8. The number of carbonyl (C=O) groups is 6. The van der Waals surface area contributed by atoms with Gasteiger partial charge in [0.1, 0.15) is 24.7 Å². The summed E-state index contributed by atoms with van der Waals surface area (Å²) >= 11 is 0. The van der Waals surface area contributed by atoms with Gasteiger partial charge >= 0.3 is 5.97 Å². The number of hydrogen-bond donors (Lipinski definition) is 7. The Kier molecular flexibility index (Phi) is 13.6. The lowest BCUT2D eigenvalue weighted by Gasteiger charge is -2.24. The number of hydrogen-bond acceptors (Lipinski definition) is 7. The van der Waals surface area contributed by atoms with Crippen molar-refractivity contribution in [2.75, 3.05) is 19.6 Å². The fourth-order valence-electron chi connectivity index (χ4n) is 3.82. The molecule has 0 aromatic carbocycles. The van der Waals surface area contributed by atoms with Crippen LogP contribution in [0.4, 0.5) is 0 Å². The number of carboxylic acid groups (broad SMARTS) is 1. The minimum atomic E-state index is -1.22. The minimum Gasteiger partial charge on any atom is -0.480 e. The average molecular weight is 527 g/mol. The van der Waals surface area contributed by atoms with Crippen molar-refractivity contribution in [2.24, 2.45) is 11.8 Å². The highest BCUT2D eigenvalue weighted by Crippen LogP contribution is 2.09. The first kappa shape index (κ1) is 31.8. The van der Waals surface area contributed by atoms with E-state index in [2.05, 4.69) is 31.9 Å². The number of carbonyl (C=O) groups excluding carboxylic acids is 5. The second-order valence-corrected chi connectivity index (χ2v) is 10.1. The molecule has 37 heavy (non-hydrogen) atoms. The zero-order chi connectivity index (χ0) is 28.1. The van der Waals surface area contributed by atoms with Gasteiger partial charge in [0, 0.05) is 0 Å². The Morgan fingerprint density at radius 1 is 0.784 bits per heavy atom. The smallest absolute Gasteiger partial charge is 0.322 e. The third-order valence-corrected chi connectivity index (χ3v) is 5.66.